The molecule has 1 unspecified atom stereocenters. The predicted octanol–water partition coefficient (Wildman–Crippen LogP) is 3.76. The van der Waals surface area contributed by atoms with E-state index in [2.05, 4.69) is 57.2 Å². The van der Waals surface area contributed by atoms with Gasteiger partial charge in [-0.25, -0.2) is 0 Å². The molecule has 2 rings (SSSR count). The number of benzene rings is 2. The van der Waals surface area contributed by atoms with Crippen molar-refractivity contribution in [3.8, 4) is 0 Å². The fourth-order valence-corrected chi connectivity index (χ4v) is 2.64. The van der Waals surface area contributed by atoms with Crippen molar-refractivity contribution in [2.45, 2.75) is 39.7 Å². The van der Waals surface area contributed by atoms with E-state index in [1.807, 2.05) is 6.07 Å². The Balaban J connectivity index is 2.03. The minimum atomic E-state index is -0.317. The zero-order valence-electron chi connectivity index (χ0n) is 12.0. The minimum Gasteiger partial charge on any atom is -0.392 e. The quantitative estimate of drug-likeness (QED) is 0.881. The van der Waals surface area contributed by atoms with Gasteiger partial charge in [0, 0.05) is 0 Å². The Morgan fingerprint density at radius 1 is 0.789 bits per heavy atom. The minimum absolute atomic E-state index is 0.317. The molecule has 0 radical (unpaired) electrons. The van der Waals surface area contributed by atoms with Gasteiger partial charge in [0.15, 0.2) is 0 Å². The van der Waals surface area contributed by atoms with Crippen molar-refractivity contribution in [3.63, 3.8) is 0 Å². The lowest BCUT2D eigenvalue weighted by Gasteiger charge is -2.12. The molecule has 0 spiro atoms. The smallest absolute Gasteiger partial charge is 0.0620 e. The molecule has 0 saturated heterocycles. The summed E-state index contributed by atoms with van der Waals surface area (Å²) in [6.07, 6.45) is 1.12. The first-order chi connectivity index (χ1) is 9.02. The van der Waals surface area contributed by atoms with Gasteiger partial charge in [0.05, 0.1) is 6.10 Å². The fraction of sp³-hybridized carbons (Fsp3) is 0.333. The van der Waals surface area contributed by atoms with Gasteiger partial charge in [-0.1, -0.05) is 59.2 Å². The molecule has 0 aromatic heterocycles. The standard InChI is InChI=1S/C18H22O/c1-13-5-4-6-16(8-13)11-18(19)12-17-9-14(2)7-15(3)10-17/h4-10,18-19H,11-12H2,1-3H3. The molecule has 0 fully saturated rings. The van der Waals surface area contributed by atoms with Crippen molar-refractivity contribution < 1.29 is 5.11 Å². The Labute approximate surface area is 115 Å². The highest BCUT2D eigenvalue weighted by Gasteiger charge is 2.08. The third-order valence-corrected chi connectivity index (χ3v) is 3.31. The molecule has 0 aliphatic rings. The molecular weight excluding hydrogens is 232 g/mol. The average molecular weight is 254 g/mol. The molecule has 1 heteroatoms. The fourth-order valence-electron chi connectivity index (χ4n) is 2.64. The van der Waals surface area contributed by atoms with Gasteiger partial charge >= 0.3 is 0 Å². The van der Waals surface area contributed by atoms with E-state index in [0.717, 1.165) is 6.42 Å². The Hall–Kier alpha value is -1.60. The maximum absolute atomic E-state index is 10.2. The number of aliphatic hydroxyl groups is 1. The lowest BCUT2D eigenvalue weighted by Crippen LogP contribution is -2.14. The number of aryl methyl sites for hydroxylation is 3. The lowest BCUT2D eigenvalue weighted by atomic mass is 9.98. The van der Waals surface area contributed by atoms with Crippen LogP contribution in [0.1, 0.15) is 27.8 Å². The highest BCUT2D eigenvalue weighted by Crippen LogP contribution is 2.14. The Bertz CT molecular complexity index is 537. The topological polar surface area (TPSA) is 20.2 Å². The monoisotopic (exact) mass is 254 g/mol. The second-order valence-corrected chi connectivity index (χ2v) is 5.55. The Morgan fingerprint density at radius 2 is 1.37 bits per heavy atom. The number of hydrogen-bond donors (Lipinski definition) is 1. The first kappa shape index (κ1) is 13.8. The van der Waals surface area contributed by atoms with Gasteiger partial charge in [-0.2, -0.15) is 0 Å². The second kappa shape index (κ2) is 6.03. The molecule has 0 heterocycles. The summed E-state index contributed by atoms with van der Waals surface area (Å²) in [7, 11) is 0. The van der Waals surface area contributed by atoms with Gasteiger partial charge in [-0.3, -0.25) is 0 Å². The molecule has 2 aromatic rings. The van der Waals surface area contributed by atoms with Crippen LogP contribution in [0.25, 0.3) is 0 Å². The highest BCUT2D eigenvalue weighted by atomic mass is 16.3. The molecule has 1 nitrogen and oxygen atoms in total. The van der Waals surface area contributed by atoms with Crippen LogP contribution in [0.3, 0.4) is 0 Å². The largest absolute Gasteiger partial charge is 0.392 e. The first-order valence-corrected chi connectivity index (χ1v) is 6.84. The maximum atomic E-state index is 10.2. The van der Waals surface area contributed by atoms with E-state index in [0.29, 0.717) is 6.42 Å². The van der Waals surface area contributed by atoms with Crippen LogP contribution in [0.2, 0.25) is 0 Å². The van der Waals surface area contributed by atoms with Crippen LogP contribution in [0.4, 0.5) is 0 Å². The third kappa shape index (κ3) is 4.22. The van der Waals surface area contributed by atoms with Gasteiger partial charge in [0.25, 0.3) is 0 Å². The summed E-state index contributed by atoms with van der Waals surface area (Å²) < 4.78 is 0. The van der Waals surface area contributed by atoms with Crippen LogP contribution < -0.4 is 0 Å². The van der Waals surface area contributed by atoms with Crippen LogP contribution in [0.5, 0.6) is 0 Å². The van der Waals surface area contributed by atoms with Gasteiger partial charge < -0.3 is 5.11 Å². The highest BCUT2D eigenvalue weighted by molar-refractivity contribution is 5.29. The van der Waals surface area contributed by atoms with Crippen LogP contribution in [-0.4, -0.2) is 11.2 Å². The summed E-state index contributed by atoms with van der Waals surface area (Å²) >= 11 is 0. The SMILES string of the molecule is Cc1cccc(CC(O)Cc2cc(C)cc(C)c2)c1. The van der Waals surface area contributed by atoms with E-state index < -0.39 is 0 Å². The van der Waals surface area contributed by atoms with Gasteiger partial charge in [0.1, 0.15) is 0 Å². The zero-order valence-corrected chi connectivity index (χ0v) is 12.0. The van der Waals surface area contributed by atoms with Gasteiger partial charge in [-0.05, 0) is 44.7 Å². The van der Waals surface area contributed by atoms with Gasteiger partial charge in [-0.15, -0.1) is 0 Å². The molecule has 2 aromatic carbocycles. The average Bonchev–Trinajstić information content (AvgIpc) is 2.26. The van der Waals surface area contributed by atoms with Crippen molar-refractivity contribution in [1.29, 1.82) is 0 Å². The summed E-state index contributed by atoms with van der Waals surface area (Å²) in [4.78, 5) is 0. The van der Waals surface area contributed by atoms with Crippen LogP contribution in [0.15, 0.2) is 42.5 Å². The summed E-state index contributed by atoms with van der Waals surface area (Å²) in [6, 6.07) is 14.8. The summed E-state index contributed by atoms with van der Waals surface area (Å²) in [5.41, 5.74) is 6.20. The van der Waals surface area contributed by atoms with Crippen molar-refractivity contribution in [2.75, 3.05) is 0 Å². The summed E-state index contributed by atoms with van der Waals surface area (Å²) in [5.74, 6) is 0. The zero-order chi connectivity index (χ0) is 13.8. The van der Waals surface area contributed by atoms with Crippen molar-refractivity contribution in [2.24, 2.45) is 0 Å². The number of aliphatic hydroxyl groups excluding tert-OH is 1. The molecular formula is C18H22O. The van der Waals surface area contributed by atoms with Crippen LogP contribution in [0, 0.1) is 20.8 Å². The van der Waals surface area contributed by atoms with E-state index in [-0.39, 0.29) is 6.10 Å². The number of rotatable bonds is 4. The molecule has 1 atom stereocenters. The van der Waals surface area contributed by atoms with E-state index in [9.17, 15) is 5.11 Å². The van der Waals surface area contributed by atoms with Crippen molar-refractivity contribution >= 4 is 0 Å². The molecule has 1 N–H and O–H groups in total. The van der Waals surface area contributed by atoms with Crippen molar-refractivity contribution in [1.82, 2.24) is 0 Å². The predicted molar refractivity (Wildman–Crippen MR) is 80.5 cm³/mol. The lowest BCUT2D eigenvalue weighted by molar-refractivity contribution is 0.175. The summed E-state index contributed by atoms with van der Waals surface area (Å²) in [5, 5.41) is 10.2. The molecule has 0 amide bonds. The molecule has 0 saturated carbocycles. The third-order valence-electron chi connectivity index (χ3n) is 3.31. The van der Waals surface area contributed by atoms with Crippen LogP contribution in [-0.2, 0) is 12.8 Å². The Morgan fingerprint density at radius 3 is 2.00 bits per heavy atom. The van der Waals surface area contributed by atoms with E-state index in [1.54, 1.807) is 0 Å². The van der Waals surface area contributed by atoms with Gasteiger partial charge in [0.2, 0.25) is 0 Å². The second-order valence-electron chi connectivity index (χ2n) is 5.55. The van der Waals surface area contributed by atoms with Crippen LogP contribution >= 0.6 is 0 Å². The summed E-state index contributed by atoms with van der Waals surface area (Å²) in [6.45, 7) is 6.28. The maximum Gasteiger partial charge on any atom is 0.0620 e. The molecule has 0 aliphatic carbocycles. The van der Waals surface area contributed by atoms with E-state index >= 15 is 0 Å². The first-order valence-electron chi connectivity index (χ1n) is 6.84. The Kier molecular flexibility index (Phi) is 4.39. The normalized spacial score (nSPS) is 12.4. The van der Waals surface area contributed by atoms with E-state index in [1.165, 1.54) is 27.8 Å². The van der Waals surface area contributed by atoms with E-state index in [4.69, 9.17) is 0 Å². The van der Waals surface area contributed by atoms with Crippen molar-refractivity contribution in [3.05, 3.63) is 70.3 Å². The molecule has 19 heavy (non-hydrogen) atoms. The molecule has 100 valence electrons. The molecule has 0 aliphatic heterocycles. The molecule has 0 bridgehead atoms. The number of hydrogen-bond acceptors (Lipinski definition) is 1.